The molecule has 0 unspecified atom stereocenters. The molecule has 1 aromatic carbocycles. The van der Waals surface area contributed by atoms with Crippen molar-refractivity contribution < 1.29 is 9.90 Å². The molecule has 0 fully saturated rings. The molecule has 4 nitrogen and oxygen atoms in total. The Labute approximate surface area is 100.0 Å². The van der Waals surface area contributed by atoms with Crippen LogP contribution in [0.2, 0.25) is 0 Å². The maximum Gasteiger partial charge on any atom is 0.411 e. The molecule has 0 saturated heterocycles. The highest BCUT2D eigenvalue weighted by molar-refractivity contribution is 9.10. The number of benzene rings is 1. The first-order valence-corrected chi connectivity index (χ1v) is 5.76. The van der Waals surface area contributed by atoms with Gasteiger partial charge in [0.15, 0.2) is 0 Å². The van der Waals surface area contributed by atoms with Crippen LogP contribution in [0.25, 0.3) is 10.9 Å². The summed E-state index contributed by atoms with van der Waals surface area (Å²) in [5.41, 5.74) is 2.86. The SMILES string of the molecule is O=C(O)N1CCc2cc(Br)c3[nH]ccc3c21. The van der Waals surface area contributed by atoms with Crippen molar-refractivity contribution in [3.63, 3.8) is 0 Å². The van der Waals surface area contributed by atoms with Crippen LogP contribution in [0.4, 0.5) is 10.5 Å². The average Bonchev–Trinajstić information content (AvgIpc) is 2.80. The van der Waals surface area contributed by atoms with Gasteiger partial charge in [-0.25, -0.2) is 4.79 Å². The van der Waals surface area contributed by atoms with E-state index in [-0.39, 0.29) is 0 Å². The number of carboxylic acid groups (broad SMARTS) is 1. The molecule has 2 heterocycles. The molecule has 0 atom stereocenters. The topological polar surface area (TPSA) is 56.3 Å². The number of amides is 1. The maximum absolute atomic E-state index is 11.1. The molecule has 0 saturated carbocycles. The van der Waals surface area contributed by atoms with Crippen LogP contribution in [0, 0.1) is 0 Å². The summed E-state index contributed by atoms with van der Waals surface area (Å²) in [6.07, 6.45) is 1.72. The quantitative estimate of drug-likeness (QED) is 0.780. The number of rotatable bonds is 0. The molecule has 82 valence electrons. The fourth-order valence-electron chi connectivity index (χ4n) is 2.28. The molecule has 2 N–H and O–H groups in total. The summed E-state index contributed by atoms with van der Waals surface area (Å²) in [6.45, 7) is 0.543. The van der Waals surface area contributed by atoms with Gasteiger partial charge in [-0.2, -0.15) is 0 Å². The molecule has 0 aliphatic carbocycles. The molecule has 1 aliphatic heterocycles. The Morgan fingerprint density at radius 2 is 2.38 bits per heavy atom. The van der Waals surface area contributed by atoms with E-state index in [0.29, 0.717) is 6.54 Å². The van der Waals surface area contributed by atoms with Crippen molar-refractivity contribution in [1.82, 2.24) is 4.98 Å². The monoisotopic (exact) mass is 280 g/mol. The second-order valence-electron chi connectivity index (χ2n) is 3.82. The Morgan fingerprint density at radius 1 is 1.56 bits per heavy atom. The Morgan fingerprint density at radius 3 is 3.12 bits per heavy atom. The van der Waals surface area contributed by atoms with Gasteiger partial charge in [0.2, 0.25) is 0 Å². The van der Waals surface area contributed by atoms with E-state index in [2.05, 4.69) is 20.9 Å². The maximum atomic E-state index is 11.1. The lowest BCUT2D eigenvalue weighted by Gasteiger charge is -2.14. The van der Waals surface area contributed by atoms with Crippen LogP contribution < -0.4 is 4.90 Å². The third-order valence-electron chi connectivity index (χ3n) is 2.95. The molecule has 0 radical (unpaired) electrons. The van der Waals surface area contributed by atoms with E-state index in [1.54, 1.807) is 0 Å². The number of hydrogen-bond donors (Lipinski definition) is 2. The van der Waals surface area contributed by atoms with E-state index in [1.165, 1.54) is 4.90 Å². The lowest BCUT2D eigenvalue weighted by atomic mass is 10.1. The number of carbonyl (C=O) groups is 1. The highest BCUT2D eigenvalue weighted by atomic mass is 79.9. The Bertz CT molecular complexity index is 591. The van der Waals surface area contributed by atoms with Gasteiger partial charge in [-0.05, 0) is 40.0 Å². The molecule has 2 aromatic rings. The third-order valence-corrected chi connectivity index (χ3v) is 3.58. The predicted molar refractivity (Wildman–Crippen MR) is 65.1 cm³/mol. The van der Waals surface area contributed by atoms with Crippen LogP contribution >= 0.6 is 15.9 Å². The zero-order chi connectivity index (χ0) is 11.3. The highest BCUT2D eigenvalue weighted by Gasteiger charge is 2.27. The van der Waals surface area contributed by atoms with Gasteiger partial charge in [-0.15, -0.1) is 0 Å². The van der Waals surface area contributed by atoms with Gasteiger partial charge in [-0.3, -0.25) is 4.90 Å². The van der Waals surface area contributed by atoms with Crippen LogP contribution in [-0.2, 0) is 6.42 Å². The summed E-state index contributed by atoms with van der Waals surface area (Å²) < 4.78 is 0.985. The standard InChI is InChI=1S/C11H9BrN2O2/c12-8-5-6-2-4-14(11(15)16)10(6)7-1-3-13-9(7)8/h1,3,5,13H,2,4H2,(H,15,16). The first-order valence-electron chi connectivity index (χ1n) is 4.97. The molecule has 0 bridgehead atoms. The zero-order valence-corrected chi connectivity index (χ0v) is 9.91. The van der Waals surface area contributed by atoms with Gasteiger partial charge in [0.05, 0.1) is 11.2 Å². The fourth-order valence-corrected chi connectivity index (χ4v) is 2.88. The molecule has 5 heteroatoms. The smallest absolute Gasteiger partial charge is 0.411 e. The predicted octanol–water partition coefficient (Wildman–Crippen LogP) is 2.97. The van der Waals surface area contributed by atoms with Crippen LogP contribution in [0.1, 0.15) is 5.56 Å². The Kier molecular flexibility index (Phi) is 1.97. The summed E-state index contributed by atoms with van der Waals surface area (Å²) in [4.78, 5) is 15.6. The minimum atomic E-state index is -0.886. The normalized spacial score (nSPS) is 14.4. The minimum absolute atomic E-state index is 0.543. The number of anilines is 1. The fraction of sp³-hybridized carbons (Fsp3) is 0.182. The summed E-state index contributed by atoms with van der Waals surface area (Å²) in [6, 6.07) is 3.91. The van der Waals surface area contributed by atoms with Gasteiger partial charge >= 0.3 is 6.09 Å². The number of hydrogen-bond acceptors (Lipinski definition) is 1. The minimum Gasteiger partial charge on any atom is -0.465 e. The Balaban J connectivity index is 2.35. The van der Waals surface area contributed by atoms with Crippen LogP contribution in [0.15, 0.2) is 22.8 Å². The lowest BCUT2D eigenvalue weighted by Crippen LogP contribution is -2.26. The van der Waals surface area contributed by atoms with E-state index >= 15 is 0 Å². The largest absolute Gasteiger partial charge is 0.465 e. The van der Waals surface area contributed by atoms with Crippen molar-refractivity contribution in [2.75, 3.05) is 11.4 Å². The van der Waals surface area contributed by atoms with E-state index in [1.807, 2.05) is 18.3 Å². The van der Waals surface area contributed by atoms with Crippen LogP contribution in [-0.4, -0.2) is 22.7 Å². The van der Waals surface area contributed by atoms with Crippen molar-refractivity contribution in [2.45, 2.75) is 6.42 Å². The number of aromatic amines is 1. The van der Waals surface area contributed by atoms with Gasteiger partial charge in [0.25, 0.3) is 0 Å². The van der Waals surface area contributed by atoms with Crippen LogP contribution in [0.3, 0.4) is 0 Å². The van der Waals surface area contributed by atoms with Gasteiger partial charge in [0.1, 0.15) is 0 Å². The molecular weight excluding hydrogens is 272 g/mol. The number of nitrogens with one attached hydrogen (secondary N) is 1. The van der Waals surface area contributed by atoms with Crippen molar-refractivity contribution in [2.24, 2.45) is 0 Å². The first kappa shape index (κ1) is 9.72. The number of fused-ring (bicyclic) bond motifs is 3. The van der Waals surface area contributed by atoms with Gasteiger partial charge in [-0.1, -0.05) is 0 Å². The second-order valence-corrected chi connectivity index (χ2v) is 4.67. The van der Waals surface area contributed by atoms with Crippen molar-refractivity contribution in [1.29, 1.82) is 0 Å². The lowest BCUT2D eigenvalue weighted by molar-refractivity contribution is 0.202. The first-order chi connectivity index (χ1) is 7.68. The van der Waals surface area contributed by atoms with Crippen molar-refractivity contribution in [3.05, 3.63) is 28.4 Å². The number of nitrogens with zero attached hydrogens (tertiary/aromatic N) is 1. The number of halogens is 1. The van der Waals surface area contributed by atoms with E-state index in [0.717, 1.165) is 33.0 Å². The van der Waals surface area contributed by atoms with Gasteiger partial charge in [0, 0.05) is 22.6 Å². The number of H-pyrrole nitrogens is 1. The molecule has 16 heavy (non-hydrogen) atoms. The molecule has 1 amide bonds. The molecule has 1 aromatic heterocycles. The molecule has 0 spiro atoms. The molecular formula is C11H9BrN2O2. The molecule has 3 rings (SSSR count). The summed E-state index contributed by atoms with van der Waals surface area (Å²) in [7, 11) is 0. The van der Waals surface area contributed by atoms with Crippen molar-refractivity contribution in [3.8, 4) is 0 Å². The van der Waals surface area contributed by atoms with E-state index in [4.69, 9.17) is 5.11 Å². The number of aromatic nitrogens is 1. The summed E-state index contributed by atoms with van der Waals surface area (Å²) in [5.74, 6) is 0. The highest BCUT2D eigenvalue weighted by Crippen LogP contribution is 2.39. The van der Waals surface area contributed by atoms with Crippen molar-refractivity contribution >= 4 is 38.6 Å². The zero-order valence-electron chi connectivity index (χ0n) is 8.33. The van der Waals surface area contributed by atoms with Gasteiger partial charge < -0.3 is 10.1 Å². The Hall–Kier alpha value is -1.49. The summed E-state index contributed by atoms with van der Waals surface area (Å²) in [5, 5.41) is 10.1. The molecule has 1 aliphatic rings. The van der Waals surface area contributed by atoms with Crippen LogP contribution in [0.5, 0.6) is 0 Å². The van der Waals surface area contributed by atoms with E-state index in [9.17, 15) is 4.79 Å². The average molecular weight is 281 g/mol. The summed E-state index contributed by atoms with van der Waals surface area (Å²) >= 11 is 3.49. The third kappa shape index (κ3) is 1.18. The second kappa shape index (κ2) is 3.25. The van der Waals surface area contributed by atoms with E-state index < -0.39 is 6.09 Å².